The number of aryl methyl sites for hydroxylation is 1. The van der Waals surface area contributed by atoms with E-state index in [1.807, 2.05) is 24.3 Å². The number of hydrogen-bond acceptors (Lipinski definition) is 3. The predicted octanol–water partition coefficient (Wildman–Crippen LogP) is 1.60. The lowest BCUT2D eigenvalue weighted by Gasteiger charge is -2.31. The van der Waals surface area contributed by atoms with Gasteiger partial charge in [0.05, 0.1) is 6.54 Å². The van der Waals surface area contributed by atoms with E-state index in [-0.39, 0.29) is 5.78 Å². The van der Waals surface area contributed by atoms with Crippen LogP contribution in [-0.4, -0.2) is 54.7 Å². The molecule has 2 rings (SSSR count). The lowest BCUT2D eigenvalue weighted by molar-refractivity contribution is -0.119. The Bertz CT molecular complexity index is 448. The van der Waals surface area contributed by atoms with E-state index in [0.29, 0.717) is 19.6 Å². The highest BCUT2D eigenvalue weighted by atomic mass is 16.1. The molecule has 0 aromatic heterocycles. The van der Waals surface area contributed by atoms with E-state index in [1.165, 1.54) is 5.56 Å². The molecule has 1 aromatic carbocycles. The molecule has 20 heavy (non-hydrogen) atoms. The normalized spacial score (nSPS) is 16.1. The van der Waals surface area contributed by atoms with Gasteiger partial charge in [-0.1, -0.05) is 37.6 Å². The van der Waals surface area contributed by atoms with E-state index < -0.39 is 0 Å². The highest BCUT2D eigenvalue weighted by Crippen LogP contribution is 2.09. The number of hydrogen-bond donors (Lipinski definition) is 0. The number of carbonyl (C=O) groups excluding carboxylic acids is 2. The SMILES string of the molecule is CCCc1ccc(C(=O)CN2CCN(C=O)CC2)cc1. The van der Waals surface area contributed by atoms with E-state index in [4.69, 9.17) is 0 Å². The minimum atomic E-state index is 0.160. The van der Waals surface area contributed by atoms with Crippen LogP contribution in [0.15, 0.2) is 24.3 Å². The third-order valence-electron chi connectivity index (χ3n) is 3.74. The molecule has 0 N–H and O–H groups in total. The van der Waals surface area contributed by atoms with E-state index in [1.54, 1.807) is 4.90 Å². The van der Waals surface area contributed by atoms with Gasteiger partial charge in [-0.05, 0) is 12.0 Å². The van der Waals surface area contributed by atoms with Crippen LogP contribution in [0.3, 0.4) is 0 Å². The Morgan fingerprint density at radius 3 is 2.35 bits per heavy atom. The highest BCUT2D eigenvalue weighted by molar-refractivity contribution is 5.97. The van der Waals surface area contributed by atoms with Gasteiger partial charge >= 0.3 is 0 Å². The highest BCUT2D eigenvalue weighted by Gasteiger charge is 2.18. The van der Waals surface area contributed by atoms with Gasteiger partial charge in [-0.25, -0.2) is 0 Å². The standard InChI is InChI=1S/C16H22N2O2/c1-2-3-14-4-6-15(7-5-14)16(20)12-17-8-10-18(13-19)11-9-17/h4-7,13H,2-3,8-12H2,1H3. The average molecular weight is 274 g/mol. The van der Waals surface area contributed by atoms with Crippen molar-refractivity contribution in [2.75, 3.05) is 32.7 Å². The summed E-state index contributed by atoms with van der Waals surface area (Å²) in [6.07, 6.45) is 3.06. The molecule has 4 nitrogen and oxygen atoms in total. The zero-order valence-electron chi connectivity index (χ0n) is 12.0. The van der Waals surface area contributed by atoms with Crippen molar-refractivity contribution in [3.8, 4) is 0 Å². The maximum atomic E-state index is 12.2. The predicted molar refractivity (Wildman–Crippen MR) is 78.8 cm³/mol. The molecule has 0 bridgehead atoms. The van der Waals surface area contributed by atoms with E-state index >= 15 is 0 Å². The zero-order chi connectivity index (χ0) is 14.4. The Kier molecular flexibility index (Phi) is 5.30. The number of ketones is 1. The number of benzene rings is 1. The van der Waals surface area contributed by atoms with Crippen molar-refractivity contribution in [2.45, 2.75) is 19.8 Å². The quantitative estimate of drug-likeness (QED) is 0.584. The minimum Gasteiger partial charge on any atom is -0.343 e. The number of Topliss-reactive ketones (excluding diaryl/α,β-unsaturated/α-hetero) is 1. The molecular weight excluding hydrogens is 252 g/mol. The molecule has 0 saturated carbocycles. The molecule has 0 radical (unpaired) electrons. The molecular formula is C16H22N2O2. The fourth-order valence-corrected chi connectivity index (χ4v) is 2.47. The Labute approximate surface area is 120 Å². The third kappa shape index (κ3) is 3.90. The number of rotatable bonds is 6. The summed E-state index contributed by atoms with van der Waals surface area (Å²) in [6, 6.07) is 7.94. The van der Waals surface area contributed by atoms with Crippen LogP contribution in [0.4, 0.5) is 0 Å². The summed E-state index contributed by atoms with van der Waals surface area (Å²) >= 11 is 0. The summed E-state index contributed by atoms with van der Waals surface area (Å²) in [5.74, 6) is 0.160. The van der Waals surface area contributed by atoms with Gasteiger partial charge in [-0.3, -0.25) is 14.5 Å². The van der Waals surface area contributed by atoms with Crippen molar-refractivity contribution in [3.63, 3.8) is 0 Å². The molecule has 1 aliphatic rings. The molecule has 1 fully saturated rings. The summed E-state index contributed by atoms with van der Waals surface area (Å²) in [4.78, 5) is 26.7. The summed E-state index contributed by atoms with van der Waals surface area (Å²) in [7, 11) is 0. The summed E-state index contributed by atoms with van der Waals surface area (Å²) in [5, 5.41) is 0. The van der Waals surface area contributed by atoms with Gasteiger partial charge in [-0.15, -0.1) is 0 Å². The second kappa shape index (κ2) is 7.20. The lowest BCUT2D eigenvalue weighted by Crippen LogP contribution is -2.47. The minimum absolute atomic E-state index is 0.160. The van der Waals surface area contributed by atoms with Crippen LogP contribution in [0, 0.1) is 0 Å². The van der Waals surface area contributed by atoms with Crippen molar-refractivity contribution < 1.29 is 9.59 Å². The van der Waals surface area contributed by atoms with Crippen LogP contribution < -0.4 is 0 Å². The van der Waals surface area contributed by atoms with E-state index in [2.05, 4.69) is 11.8 Å². The maximum absolute atomic E-state index is 12.2. The van der Waals surface area contributed by atoms with Gasteiger partial charge in [0.1, 0.15) is 0 Å². The van der Waals surface area contributed by atoms with Crippen LogP contribution in [0.5, 0.6) is 0 Å². The second-order valence-corrected chi connectivity index (χ2v) is 5.29. The van der Waals surface area contributed by atoms with Gasteiger partial charge < -0.3 is 4.90 Å². The largest absolute Gasteiger partial charge is 0.343 e. The molecule has 1 amide bonds. The molecule has 108 valence electrons. The van der Waals surface area contributed by atoms with Crippen LogP contribution in [-0.2, 0) is 11.2 Å². The molecule has 0 spiro atoms. The Morgan fingerprint density at radius 2 is 1.80 bits per heavy atom. The number of piperazine rings is 1. The Morgan fingerprint density at radius 1 is 1.15 bits per heavy atom. The topological polar surface area (TPSA) is 40.6 Å². The van der Waals surface area contributed by atoms with Crippen molar-refractivity contribution in [1.29, 1.82) is 0 Å². The molecule has 0 atom stereocenters. The fourth-order valence-electron chi connectivity index (χ4n) is 2.47. The van der Waals surface area contributed by atoms with Crippen LogP contribution in [0.2, 0.25) is 0 Å². The number of carbonyl (C=O) groups is 2. The van der Waals surface area contributed by atoms with Gasteiger partial charge in [0.15, 0.2) is 5.78 Å². The smallest absolute Gasteiger partial charge is 0.209 e. The molecule has 4 heteroatoms. The van der Waals surface area contributed by atoms with Gasteiger partial charge in [-0.2, -0.15) is 0 Å². The van der Waals surface area contributed by atoms with Gasteiger partial charge in [0, 0.05) is 31.7 Å². The maximum Gasteiger partial charge on any atom is 0.209 e. The second-order valence-electron chi connectivity index (χ2n) is 5.29. The van der Waals surface area contributed by atoms with Gasteiger partial charge in [0.2, 0.25) is 6.41 Å². The van der Waals surface area contributed by atoms with Crippen LogP contribution in [0.25, 0.3) is 0 Å². The van der Waals surface area contributed by atoms with Gasteiger partial charge in [0.25, 0.3) is 0 Å². The van der Waals surface area contributed by atoms with E-state index in [9.17, 15) is 9.59 Å². The monoisotopic (exact) mass is 274 g/mol. The van der Waals surface area contributed by atoms with Crippen LogP contribution in [0.1, 0.15) is 29.3 Å². The fraction of sp³-hybridized carbons (Fsp3) is 0.500. The zero-order valence-corrected chi connectivity index (χ0v) is 12.0. The van der Waals surface area contributed by atoms with Crippen molar-refractivity contribution in [1.82, 2.24) is 9.80 Å². The Hall–Kier alpha value is -1.68. The van der Waals surface area contributed by atoms with Crippen molar-refractivity contribution in [3.05, 3.63) is 35.4 Å². The first-order chi connectivity index (χ1) is 9.72. The first-order valence-electron chi connectivity index (χ1n) is 7.26. The van der Waals surface area contributed by atoms with Crippen molar-refractivity contribution >= 4 is 12.2 Å². The van der Waals surface area contributed by atoms with Crippen LogP contribution >= 0.6 is 0 Å². The average Bonchev–Trinajstić information content (AvgIpc) is 2.49. The molecule has 0 unspecified atom stereocenters. The lowest BCUT2D eigenvalue weighted by atomic mass is 10.0. The summed E-state index contributed by atoms with van der Waals surface area (Å²) in [6.45, 7) is 5.58. The van der Waals surface area contributed by atoms with E-state index in [0.717, 1.165) is 37.9 Å². The first kappa shape index (κ1) is 14.7. The molecule has 0 aliphatic carbocycles. The first-order valence-corrected chi connectivity index (χ1v) is 7.26. The summed E-state index contributed by atoms with van der Waals surface area (Å²) in [5.41, 5.74) is 2.06. The number of amides is 1. The summed E-state index contributed by atoms with van der Waals surface area (Å²) < 4.78 is 0. The third-order valence-corrected chi connectivity index (χ3v) is 3.74. The molecule has 1 heterocycles. The Balaban J connectivity index is 1.87. The molecule has 1 aliphatic heterocycles. The molecule has 1 aromatic rings. The van der Waals surface area contributed by atoms with Crippen molar-refractivity contribution in [2.24, 2.45) is 0 Å². The number of nitrogens with zero attached hydrogens (tertiary/aromatic N) is 2. The molecule has 1 saturated heterocycles.